The molecule has 6 nitrogen and oxygen atoms in total. The van der Waals surface area contributed by atoms with E-state index in [4.69, 9.17) is 14.2 Å². The lowest BCUT2D eigenvalue weighted by Crippen LogP contribution is -2.30. The molecule has 0 bridgehead atoms. The molecule has 0 aromatic rings. The largest absolute Gasteiger partial charge is 0.462 e. The molecule has 0 amide bonds. The Morgan fingerprint density at radius 2 is 0.600 bits per heavy atom. The number of rotatable bonds is 47. The van der Waals surface area contributed by atoms with Crippen LogP contribution in [0.1, 0.15) is 239 Å². The normalized spacial score (nSPS) is 12.8. The number of hydrogen-bond donors (Lipinski definition) is 0. The molecule has 0 aliphatic rings. The highest BCUT2D eigenvalue weighted by molar-refractivity contribution is 5.71. The Balaban J connectivity index is 4.12. The van der Waals surface area contributed by atoms with Crippen molar-refractivity contribution in [3.8, 4) is 0 Å². The number of ether oxygens (including phenoxy) is 3. The number of carbonyl (C=O) groups is 3. The van der Waals surface area contributed by atoms with Crippen LogP contribution < -0.4 is 0 Å². The van der Waals surface area contributed by atoms with Gasteiger partial charge in [-0.1, -0.05) is 214 Å². The molecule has 0 rings (SSSR count). The summed E-state index contributed by atoms with van der Waals surface area (Å²) in [6.07, 6.45) is 70.1. The van der Waals surface area contributed by atoms with Crippen LogP contribution in [0, 0.1) is 0 Å². The van der Waals surface area contributed by atoms with Crippen LogP contribution in [0.15, 0.2) is 97.2 Å². The quantitative estimate of drug-likeness (QED) is 0.0262. The van der Waals surface area contributed by atoms with E-state index in [-0.39, 0.29) is 31.1 Å². The molecular formula is C59H98O6. The van der Waals surface area contributed by atoms with Gasteiger partial charge in [0.1, 0.15) is 13.2 Å². The Morgan fingerprint density at radius 3 is 0.969 bits per heavy atom. The van der Waals surface area contributed by atoms with Crippen LogP contribution in [-0.4, -0.2) is 37.2 Å². The first-order chi connectivity index (χ1) is 32.0. The Bertz CT molecular complexity index is 1310. The second-order valence-corrected chi connectivity index (χ2v) is 17.4. The summed E-state index contributed by atoms with van der Waals surface area (Å²) in [6.45, 7) is 6.40. The molecule has 0 aromatic carbocycles. The van der Waals surface area contributed by atoms with Crippen LogP contribution >= 0.6 is 0 Å². The van der Waals surface area contributed by atoms with Crippen molar-refractivity contribution in [2.45, 2.75) is 245 Å². The van der Waals surface area contributed by atoms with E-state index >= 15 is 0 Å². The highest BCUT2D eigenvalue weighted by atomic mass is 16.6. The van der Waals surface area contributed by atoms with E-state index in [1.807, 2.05) is 0 Å². The number of esters is 3. The van der Waals surface area contributed by atoms with Crippen LogP contribution in [0.3, 0.4) is 0 Å². The zero-order valence-electron chi connectivity index (χ0n) is 42.2. The summed E-state index contributed by atoms with van der Waals surface area (Å²) < 4.78 is 16.6. The molecular weight excluding hydrogens is 805 g/mol. The van der Waals surface area contributed by atoms with Gasteiger partial charge in [-0.15, -0.1) is 0 Å². The van der Waals surface area contributed by atoms with E-state index in [2.05, 4.69) is 118 Å². The third-order valence-electron chi connectivity index (χ3n) is 11.1. The molecule has 0 aromatic heterocycles. The molecule has 0 spiro atoms. The van der Waals surface area contributed by atoms with Crippen molar-refractivity contribution < 1.29 is 28.6 Å². The standard InChI is InChI=1S/C59H98O6/c1-4-7-10-13-15-17-19-21-22-23-24-25-26-27-28-29-30-31-32-33-34-35-36-38-39-41-43-46-49-52-58(61)64-55-56(54-63-57(60)51-48-45-12-9-6-3)65-59(62)53-50-47-44-42-40-37-20-18-16-14-11-8-5-2/h7,10,15,17-18,20-22,24-25,27-28,30-31,33-34,56H,4-6,8-9,11-14,16,19,23,26,29,32,35-55H2,1-3H3/b10-7-,17-15-,20-18-,22-21-,25-24-,28-27-,31-30-,34-33-. The van der Waals surface area contributed by atoms with Crippen LogP contribution in [0.5, 0.6) is 0 Å². The van der Waals surface area contributed by atoms with E-state index in [1.165, 1.54) is 70.6 Å². The van der Waals surface area contributed by atoms with Crippen molar-refractivity contribution in [1.82, 2.24) is 0 Å². The average molecular weight is 903 g/mol. The van der Waals surface area contributed by atoms with Crippen molar-refractivity contribution in [3.05, 3.63) is 97.2 Å². The van der Waals surface area contributed by atoms with Gasteiger partial charge in [0.15, 0.2) is 6.10 Å². The van der Waals surface area contributed by atoms with Gasteiger partial charge in [-0.25, -0.2) is 0 Å². The molecule has 0 aliphatic heterocycles. The third-order valence-corrected chi connectivity index (χ3v) is 11.1. The summed E-state index contributed by atoms with van der Waals surface area (Å²) in [5.41, 5.74) is 0. The van der Waals surface area contributed by atoms with Gasteiger partial charge in [-0.05, 0) is 103 Å². The Kier molecular flexibility index (Phi) is 50.0. The summed E-state index contributed by atoms with van der Waals surface area (Å²) in [7, 11) is 0. The van der Waals surface area contributed by atoms with Crippen LogP contribution in [0.25, 0.3) is 0 Å². The fraction of sp³-hybridized carbons (Fsp3) is 0.678. The van der Waals surface area contributed by atoms with Gasteiger partial charge in [-0.2, -0.15) is 0 Å². The molecule has 0 aliphatic carbocycles. The lowest BCUT2D eigenvalue weighted by molar-refractivity contribution is -0.167. The maximum Gasteiger partial charge on any atom is 0.306 e. The lowest BCUT2D eigenvalue weighted by atomic mass is 10.1. The smallest absolute Gasteiger partial charge is 0.306 e. The minimum Gasteiger partial charge on any atom is -0.462 e. The first-order valence-electron chi connectivity index (χ1n) is 26.7. The van der Waals surface area contributed by atoms with Crippen LogP contribution in [0.4, 0.5) is 0 Å². The Morgan fingerprint density at radius 1 is 0.323 bits per heavy atom. The molecule has 0 saturated heterocycles. The molecule has 0 N–H and O–H groups in total. The summed E-state index contributed by atoms with van der Waals surface area (Å²) in [6, 6.07) is 0. The van der Waals surface area contributed by atoms with Crippen molar-refractivity contribution >= 4 is 17.9 Å². The maximum atomic E-state index is 12.7. The van der Waals surface area contributed by atoms with Gasteiger partial charge in [-0.3, -0.25) is 14.4 Å². The zero-order valence-corrected chi connectivity index (χ0v) is 42.2. The second kappa shape index (κ2) is 52.9. The summed E-state index contributed by atoms with van der Waals surface area (Å²) in [5, 5.41) is 0. The molecule has 65 heavy (non-hydrogen) atoms. The number of carbonyl (C=O) groups excluding carboxylic acids is 3. The fourth-order valence-corrected chi connectivity index (χ4v) is 7.06. The predicted octanol–water partition coefficient (Wildman–Crippen LogP) is 17.8. The minimum atomic E-state index is -0.782. The van der Waals surface area contributed by atoms with Gasteiger partial charge in [0.25, 0.3) is 0 Å². The highest BCUT2D eigenvalue weighted by Crippen LogP contribution is 2.13. The van der Waals surface area contributed by atoms with Crippen molar-refractivity contribution in [1.29, 1.82) is 0 Å². The second-order valence-electron chi connectivity index (χ2n) is 17.4. The molecule has 0 heterocycles. The SMILES string of the molecule is CC/C=C\C/C=C\C/C=C\C/C=C\C/C=C\C/C=C\C/C=C\CCCCCCCCCC(=O)OCC(COC(=O)CCCCCCC)OC(=O)CCCCCCC/C=C\CCCCCC. The third kappa shape index (κ3) is 51.2. The average Bonchev–Trinajstić information content (AvgIpc) is 3.30. The molecule has 0 fully saturated rings. The zero-order chi connectivity index (χ0) is 47.2. The summed E-state index contributed by atoms with van der Waals surface area (Å²) in [5.74, 6) is -0.923. The summed E-state index contributed by atoms with van der Waals surface area (Å²) in [4.78, 5) is 37.6. The number of hydrogen-bond acceptors (Lipinski definition) is 6. The van der Waals surface area contributed by atoms with Crippen molar-refractivity contribution in [3.63, 3.8) is 0 Å². The minimum absolute atomic E-state index is 0.0851. The lowest BCUT2D eigenvalue weighted by Gasteiger charge is -2.18. The van der Waals surface area contributed by atoms with E-state index < -0.39 is 6.10 Å². The molecule has 1 unspecified atom stereocenters. The molecule has 6 heteroatoms. The first-order valence-corrected chi connectivity index (χ1v) is 26.7. The number of unbranched alkanes of at least 4 members (excludes halogenated alkanes) is 20. The number of allylic oxidation sites excluding steroid dienone is 16. The monoisotopic (exact) mass is 903 g/mol. The fourth-order valence-electron chi connectivity index (χ4n) is 7.06. The van der Waals surface area contributed by atoms with Gasteiger partial charge in [0.2, 0.25) is 0 Å². The molecule has 0 radical (unpaired) electrons. The van der Waals surface area contributed by atoms with Gasteiger partial charge >= 0.3 is 17.9 Å². The van der Waals surface area contributed by atoms with Gasteiger partial charge in [0, 0.05) is 19.3 Å². The van der Waals surface area contributed by atoms with Crippen molar-refractivity contribution in [2.24, 2.45) is 0 Å². The Labute approximate surface area is 400 Å². The summed E-state index contributed by atoms with van der Waals surface area (Å²) >= 11 is 0. The first kappa shape index (κ1) is 61.3. The van der Waals surface area contributed by atoms with Crippen LogP contribution in [-0.2, 0) is 28.6 Å². The molecule has 1 atom stereocenters. The van der Waals surface area contributed by atoms with E-state index in [0.717, 1.165) is 128 Å². The van der Waals surface area contributed by atoms with Crippen LogP contribution in [0.2, 0.25) is 0 Å². The molecule has 370 valence electrons. The maximum absolute atomic E-state index is 12.7. The topological polar surface area (TPSA) is 78.9 Å². The van der Waals surface area contributed by atoms with E-state index in [0.29, 0.717) is 19.3 Å². The highest BCUT2D eigenvalue weighted by Gasteiger charge is 2.19. The Hall–Kier alpha value is -3.67. The predicted molar refractivity (Wildman–Crippen MR) is 279 cm³/mol. The van der Waals surface area contributed by atoms with E-state index in [1.54, 1.807) is 0 Å². The molecule has 0 saturated carbocycles. The van der Waals surface area contributed by atoms with E-state index in [9.17, 15) is 14.4 Å². The van der Waals surface area contributed by atoms with Crippen molar-refractivity contribution in [2.75, 3.05) is 13.2 Å². The van der Waals surface area contributed by atoms with Gasteiger partial charge in [0.05, 0.1) is 0 Å². The van der Waals surface area contributed by atoms with Gasteiger partial charge < -0.3 is 14.2 Å².